The summed E-state index contributed by atoms with van der Waals surface area (Å²) in [6, 6.07) is 8.23. The molecular formula is C13H10BrFN2O. The van der Waals surface area contributed by atoms with Crippen molar-refractivity contribution in [2.75, 3.05) is 0 Å². The third kappa shape index (κ3) is 2.92. The number of hydrogen-bond acceptors (Lipinski definition) is 2. The zero-order valence-corrected chi connectivity index (χ0v) is 10.9. The molecular weight excluding hydrogens is 299 g/mol. The minimum absolute atomic E-state index is 0.0215. The quantitative estimate of drug-likeness (QED) is 0.947. The maximum absolute atomic E-state index is 13.7. The number of rotatable bonds is 3. The van der Waals surface area contributed by atoms with Crippen molar-refractivity contribution in [1.82, 2.24) is 10.3 Å². The van der Waals surface area contributed by atoms with Gasteiger partial charge >= 0.3 is 0 Å². The summed E-state index contributed by atoms with van der Waals surface area (Å²) >= 11 is 3.05. The molecule has 0 aliphatic rings. The van der Waals surface area contributed by atoms with E-state index in [1.165, 1.54) is 6.07 Å². The summed E-state index contributed by atoms with van der Waals surface area (Å²) in [5, 5.41) is 2.64. The van der Waals surface area contributed by atoms with E-state index in [0.29, 0.717) is 6.54 Å². The molecule has 0 atom stereocenters. The minimum atomic E-state index is -0.554. The van der Waals surface area contributed by atoms with Gasteiger partial charge in [0.2, 0.25) is 0 Å². The number of benzene rings is 1. The molecule has 1 amide bonds. The van der Waals surface area contributed by atoms with Gasteiger partial charge in [0.15, 0.2) is 0 Å². The number of nitrogens with zero attached hydrogens (tertiary/aromatic N) is 1. The highest BCUT2D eigenvalue weighted by Crippen LogP contribution is 2.18. The van der Waals surface area contributed by atoms with E-state index in [0.717, 1.165) is 5.56 Å². The fourth-order valence-electron chi connectivity index (χ4n) is 1.46. The number of hydrogen-bond donors (Lipinski definition) is 1. The van der Waals surface area contributed by atoms with Crippen LogP contribution >= 0.6 is 15.9 Å². The second kappa shape index (κ2) is 5.73. The van der Waals surface area contributed by atoms with Crippen LogP contribution in [-0.2, 0) is 6.54 Å². The first kappa shape index (κ1) is 12.7. The Labute approximate surface area is 112 Å². The van der Waals surface area contributed by atoms with Gasteiger partial charge in [-0.15, -0.1) is 0 Å². The second-order valence-corrected chi connectivity index (χ2v) is 4.50. The fourth-order valence-corrected chi connectivity index (χ4v) is 1.83. The van der Waals surface area contributed by atoms with Crippen molar-refractivity contribution in [3.05, 3.63) is 64.1 Å². The average molecular weight is 309 g/mol. The molecule has 0 spiro atoms. The number of aromatic nitrogens is 1. The van der Waals surface area contributed by atoms with Crippen molar-refractivity contribution in [3.8, 4) is 0 Å². The van der Waals surface area contributed by atoms with Gasteiger partial charge in [-0.2, -0.15) is 0 Å². The van der Waals surface area contributed by atoms with Gasteiger partial charge in [-0.25, -0.2) is 4.39 Å². The van der Waals surface area contributed by atoms with Crippen LogP contribution in [0.3, 0.4) is 0 Å². The molecule has 1 heterocycles. The van der Waals surface area contributed by atoms with Gasteiger partial charge < -0.3 is 5.32 Å². The highest BCUT2D eigenvalue weighted by atomic mass is 79.9. The van der Waals surface area contributed by atoms with E-state index in [1.54, 1.807) is 30.6 Å². The van der Waals surface area contributed by atoms with Crippen LogP contribution in [0.2, 0.25) is 0 Å². The van der Waals surface area contributed by atoms with Crippen LogP contribution in [0.5, 0.6) is 0 Å². The minimum Gasteiger partial charge on any atom is -0.348 e. The number of carbonyl (C=O) groups is 1. The van der Waals surface area contributed by atoms with E-state index in [9.17, 15) is 9.18 Å². The van der Waals surface area contributed by atoms with E-state index in [2.05, 4.69) is 26.2 Å². The Morgan fingerprint density at radius 3 is 2.89 bits per heavy atom. The molecule has 0 radical (unpaired) electrons. The highest BCUT2D eigenvalue weighted by Gasteiger charge is 2.13. The van der Waals surface area contributed by atoms with Gasteiger partial charge in [0.25, 0.3) is 5.91 Å². The molecule has 1 aromatic heterocycles. The molecule has 0 saturated heterocycles. The van der Waals surface area contributed by atoms with Crippen molar-refractivity contribution in [1.29, 1.82) is 0 Å². The SMILES string of the molecule is O=C(NCc1cccnc1)c1cccc(Br)c1F. The molecule has 0 aliphatic carbocycles. The Balaban J connectivity index is 2.07. The van der Waals surface area contributed by atoms with Crippen LogP contribution < -0.4 is 5.32 Å². The summed E-state index contributed by atoms with van der Waals surface area (Å²) in [6.07, 6.45) is 3.30. The number of pyridine rings is 1. The van der Waals surface area contributed by atoms with Crippen LogP contribution in [0.15, 0.2) is 47.2 Å². The molecule has 3 nitrogen and oxygen atoms in total. The standard InChI is InChI=1S/C13H10BrFN2O/c14-11-5-1-4-10(12(11)15)13(18)17-8-9-3-2-6-16-7-9/h1-7H,8H2,(H,17,18). The first-order valence-corrected chi connectivity index (χ1v) is 6.09. The summed E-state index contributed by atoms with van der Waals surface area (Å²) in [6.45, 7) is 0.318. The molecule has 92 valence electrons. The van der Waals surface area contributed by atoms with Gasteiger partial charge in [-0.3, -0.25) is 9.78 Å². The van der Waals surface area contributed by atoms with Gasteiger partial charge in [-0.05, 0) is 39.7 Å². The zero-order valence-electron chi connectivity index (χ0n) is 9.36. The van der Waals surface area contributed by atoms with Crippen LogP contribution in [0.4, 0.5) is 4.39 Å². The molecule has 18 heavy (non-hydrogen) atoms. The Morgan fingerprint density at radius 1 is 1.33 bits per heavy atom. The molecule has 0 saturated carbocycles. The van der Waals surface area contributed by atoms with Crippen LogP contribution in [-0.4, -0.2) is 10.9 Å². The van der Waals surface area contributed by atoms with E-state index in [1.807, 2.05) is 6.07 Å². The Bertz CT molecular complexity index is 560. The summed E-state index contributed by atoms with van der Waals surface area (Å²) in [7, 11) is 0. The van der Waals surface area contributed by atoms with Gasteiger partial charge in [-0.1, -0.05) is 12.1 Å². The predicted molar refractivity (Wildman–Crippen MR) is 69.5 cm³/mol. The second-order valence-electron chi connectivity index (χ2n) is 3.65. The van der Waals surface area contributed by atoms with Gasteiger partial charge in [0.05, 0.1) is 10.0 Å². The number of carbonyl (C=O) groups excluding carboxylic acids is 1. The molecule has 0 aliphatic heterocycles. The Kier molecular flexibility index (Phi) is 4.04. The average Bonchev–Trinajstić information content (AvgIpc) is 2.40. The first-order chi connectivity index (χ1) is 8.68. The highest BCUT2D eigenvalue weighted by molar-refractivity contribution is 9.10. The smallest absolute Gasteiger partial charge is 0.254 e. The predicted octanol–water partition coefficient (Wildman–Crippen LogP) is 2.91. The fraction of sp³-hybridized carbons (Fsp3) is 0.0769. The van der Waals surface area contributed by atoms with E-state index >= 15 is 0 Å². The summed E-state index contributed by atoms with van der Waals surface area (Å²) in [4.78, 5) is 15.7. The molecule has 5 heteroatoms. The van der Waals surface area contributed by atoms with E-state index in [4.69, 9.17) is 0 Å². The third-order valence-corrected chi connectivity index (χ3v) is 2.98. The topological polar surface area (TPSA) is 42.0 Å². The monoisotopic (exact) mass is 308 g/mol. The summed E-state index contributed by atoms with van der Waals surface area (Å²) in [5.74, 6) is -1.00. The summed E-state index contributed by atoms with van der Waals surface area (Å²) in [5.41, 5.74) is 0.884. The zero-order chi connectivity index (χ0) is 13.0. The molecule has 1 aromatic carbocycles. The lowest BCUT2D eigenvalue weighted by molar-refractivity contribution is 0.0946. The Morgan fingerprint density at radius 2 is 2.17 bits per heavy atom. The van der Waals surface area contributed by atoms with E-state index in [-0.39, 0.29) is 10.0 Å². The number of amides is 1. The van der Waals surface area contributed by atoms with Crippen molar-refractivity contribution in [3.63, 3.8) is 0 Å². The molecule has 2 aromatic rings. The molecule has 0 bridgehead atoms. The largest absolute Gasteiger partial charge is 0.348 e. The lowest BCUT2D eigenvalue weighted by Gasteiger charge is -2.06. The van der Waals surface area contributed by atoms with Crippen molar-refractivity contribution in [2.24, 2.45) is 0 Å². The molecule has 1 N–H and O–H groups in total. The lowest BCUT2D eigenvalue weighted by atomic mass is 10.2. The third-order valence-electron chi connectivity index (χ3n) is 2.37. The van der Waals surface area contributed by atoms with Crippen molar-refractivity contribution >= 4 is 21.8 Å². The van der Waals surface area contributed by atoms with Crippen molar-refractivity contribution in [2.45, 2.75) is 6.54 Å². The van der Waals surface area contributed by atoms with Crippen LogP contribution in [0, 0.1) is 5.82 Å². The molecule has 0 unspecified atom stereocenters. The van der Waals surface area contributed by atoms with Crippen LogP contribution in [0.1, 0.15) is 15.9 Å². The maximum Gasteiger partial charge on any atom is 0.254 e. The maximum atomic E-state index is 13.7. The Hall–Kier alpha value is -1.75. The van der Waals surface area contributed by atoms with Gasteiger partial charge in [0.1, 0.15) is 5.82 Å². The lowest BCUT2D eigenvalue weighted by Crippen LogP contribution is -2.23. The van der Waals surface area contributed by atoms with E-state index < -0.39 is 11.7 Å². The number of halogens is 2. The van der Waals surface area contributed by atoms with Crippen LogP contribution in [0.25, 0.3) is 0 Å². The molecule has 2 rings (SSSR count). The summed E-state index contributed by atoms with van der Waals surface area (Å²) < 4.78 is 13.9. The first-order valence-electron chi connectivity index (χ1n) is 5.29. The van der Waals surface area contributed by atoms with Gasteiger partial charge in [0, 0.05) is 18.9 Å². The molecule has 0 fully saturated rings. The van der Waals surface area contributed by atoms with Crippen molar-refractivity contribution < 1.29 is 9.18 Å². The normalized spacial score (nSPS) is 10.1. The number of nitrogens with one attached hydrogen (secondary N) is 1.